The average molecular weight is 363 g/mol. The lowest BCUT2D eigenvalue weighted by Gasteiger charge is -2.13. The number of amides is 1. The minimum atomic E-state index is -0.0735. The molecule has 6 nitrogen and oxygen atoms in total. The lowest BCUT2D eigenvalue weighted by atomic mass is 10.2. The number of aromatic nitrogens is 2. The Hall–Kier alpha value is -1.86. The van der Waals surface area contributed by atoms with E-state index in [9.17, 15) is 9.59 Å². The molecule has 2 aromatic rings. The van der Waals surface area contributed by atoms with Gasteiger partial charge in [0.2, 0.25) is 5.91 Å². The quantitative estimate of drug-likeness (QED) is 0.399. The highest BCUT2D eigenvalue weighted by Gasteiger charge is 2.13. The predicted octanol–water partition coefficient (Wildman–Crippen LogP) is 2.44. The number of nitrogens with zero attached hydrogens (tertiary/aromatic N) is 2. The van der Waals surface area contributed by atoms with Gasteiger partial charge in [-0.25, -0.2) is 4.98 Å². The molecule has 1 aromatic heterocycles. The van der Waals surface area contributed by atoms with Crippen LogP contribution in [0.3, 0.4) is 0 Å². The number of thioether (sulfide) groups is 1. The summed E-state index contributed by atoms with van der Waals surface area (Å²) in [5, 5.41) is 4.05. The van der Waals surface area contributed by atoms with Crippen LogP contribution in [-0.4, -0.2) is 41.5 Å². The standard InChI is InChI=1S/C18H25N3O3S/c1-3-4-10-19-16(22)13-25-18-20-15-9-6-5-8-14(15)17(23)21(18)11-7-12-24-2/h5-6,8-9H,3-4,7,10-13H2,1-2H3,(H,19,22). The highest BCUT2D eigenvalue weighted by Crippen LogP contribution is 2.18. The largest absolute Gasteiger partial charge is 0.385 e. The third-order valence-electron chi connectivity index (χ3n) is 3.74. The summed E-state index contributed by atoms with van der Waals surface area (Å²) in [6.45, 7) is 3.85. The maximum absolute atomic E-state index is 12.8. The lowest BCUT2D eigenvalue weighted by molar-refractivity contribution is -0.118. The Balaban J connectivity index is 2.19. The zero-order valence-electron chi connectivity index (χ0n) is 14.8. The molecule has 1 amide bonds. The van der Waals surface area contributed by atoms with Crippen LogP contribution in [0.1, 0.15) is 26.2 Å². The average Bonchev–Trinajstić information content (AvgIpc) is 2.62. The van der Waals surface area contributed by atoms with Crippen molar-refractivity contribution in [2.45, 2.75) is 37.9 Å². The van der Waals surface area contributed by atoms with Crippen molar-refractivity contribution in [3.63, 3.8) is 0 Å². The molecule has 0 aliphatic carbocycles. The summed E-state index contributed by atoms with van der Waals surface area (Å²) < 4.78 is 6.72. The summed E-state index contributed by atoms with van der Waals surface area (Å²) in [4.78, 5) is 29.3. The molecule has 1 heterocycles. The molecule has 0 radical (unpaired) electrons. The third kappa shape index (κ3) is 5.57. The molecule has 1 N–H and O–H groups in total. The molecule has 0 saturated heterocycles. The van der Waals surface area contributed by atoms with Crippen molar-refractivity contribution in [2.24, 2.45) is 0 Å². The van der Waals surface area contributed by atoms with E-state index in [2.05, 4.69) is 17.2 Å². The SMILES string of the molecule is CCCCNC(=O)CSc1nc2ccccc2c(=O)n1CCCOC. The van der Waals surface area contributed by atoms with Crippen LogP contribution in [0.2, 0.25) is 0 Å². The summed E-state index contributed by atoms with van der Waals surface area (Å²) in [6, 6.07) is 7.29. The summed E-state index contributed by atoms with van der Waals surface area (Å²) in [6.07, 6.45) is 2.72. The van der Waals surface area contributed by atoms with Crippen molar-refractivity contribution < 1.29 is 9.53 Å². The van der Waals surface area contributed by atoms with Crippen LogP contribution in [0.4, 0.5) is 0 Å². The van der Waals surface area contributed by atoms with Crippen molar-refractivity contribution in [3.8, 4) is 0 Å². The van der Waals surface area contributed by atoms with Gasteiger partial charge >= 0.3 is 0 Å². The molecule has 0 saturated carbocycles. The van der Waals surface area contributed by atoms with Crippen LogP contribution in [0, 0.1) is 0 Å². The third-order valence-corrected chi connectivity index (χ3v) is 4.72. The number of nitrogens with one attached hydrogen (secondary N) is 1. The molecule has 1 aromatic carbocycles. The Bertz CT molecular complexity index is 761. The van der Waals surface area contributed by atoms with Gasteiger partial charge in [-0.15, -0.1) is 0 Å². The van der Waals surface area contributed by atoms with Crippen LogP contribution in [0.25, 0.3) is 10.9 Å². The van der Waals surface area contributed by atoms with Gasteiger partial charge in [-0.3, -0.25) is 14.2 Å². The van der Waals surface area contributed by atoms with Gasteiger partial charge < -0.3 is 10.1 Å². The Morgan fingerprint density at radius 3 is 2.88 bits per heavy atom. The molecule has 0 fully saturated rings. The molecular weight excluding hydrogens is 338 g/mol. The van der Waals surface area contributed by atoms with E-state index < -0.39 is 0 Å². The van der Waals surface area contributed by atoms with Gasteiger partial charge in [-0.2, -0.15) is 0 Å². The fourth-order valence-electron chi connectivity index (χ4n) is 2.41. The summed E-state index contributed by atoms with van der Waals surface area (Å²) >= 11 is 1.30. The minimum absolute atomic E-state index is 0.0377. The molecule has 2 rings (SSSR count). The maximum atomic E-state index is 12.8. The second-order valence-electron chi connectivity index (χ2n) is 5.71. The van der Waals surface area contributed by atoms with Crippen LogP contribution in [0.15, 0.2) is 34.2 Å². The molecule has 0 unspecified atom stereocenters. The first-order chi connectivity index (χ1) is 12.2. The van der Waals surface area contributed by atoms with E-state index in [-0.39, 0.29) is 17.2 Å². The monoisotopic (exact) mass is 363 g/mol. The summed E-state index contributed by atoms with van der Waals surface area (Å²) in [5.41, 5.74) is 0.583. The van der Waals surface area contributed by atoms with E-state index in [1.807, 2.05) is 18.2 Å². The number of carbonyl (C=O) groups excluding carboxylic acids is 1. The smallest absolute Gasteiger partial charge is 0.262 e. The van der Waals surface area contributed by atoms with Crippen molar-refractivity contribution >= 4 is 28.6 Å². The topological polar surface area (TPSA) is 73.2 Å². The fourth-order valence-corrected chi connectivity index (χ4v) is 3.26. The number of hydrogen-bond acceptors (Lipinski definition) is 5. The van der Waals surface area contributed by atoms with Gasteiger partial charge in [-0.05, 0) is 25.0 Å². The number of unbranched alkanes of at least 4 members (excludes halogenated alkanes) is 1. The number of hydrogen-bond donors (Lipinski definition) is 1. The van der Waals surface area contributed by atoms with Gasteiger partial charge in [0.15, 0.2) is 5.16 Å². The number of rotatable bonds is 10. The number of ether oxygens (including phenoxy) is 1. The van der Waals surface area contributed by atoms with Crippen molar-refractivity contribution in [1.82, 2.24) is 14.9 Å². The van der Waals surface area contributed by atoms with Crippen LogP contribution >= 0.6 is 11.8 Å². The molecule has 7 heteroatoms. The zero-order valence-corrected chi connectivity index (χ0v) is 15.6. The molecule has 0 bridgehead atoms. The van der Waals surface area contributed by atoms with E-state index >= 15 is 0 Å². The van der Waals surface area contributed by atoms with Crippen LogP contribution < -0.4 is 10.9 Å². The van der Waals surface area contributed by atoms with E-state index in [1.54, 1.807) is 17.7 Å². The Kier molecular flexibility index (Phi) is 7.94. The fraction of sp³-hybridized carbons (Fsp3) is 0.500. The predicted molar refractivity (Wildman–Crippen MR) is 101 cm³/mol. The number of methoxy groups -OCH3 is 1. The molecular formula is C18H25N3O3S. The van der Waals surface area contributed by atoms with Gasteiger partial charge in [0, 0.05) is 26.8 Å². The van der Waals surface area contributed by atoms with Crippen molar-refractivity contribution in [1.29, 1.82) is 0 Å². The van der Waals surface area contributed by atoms with E-state index in [0.717, 1.165) is 12.8 Å². The van der Waals surface area contributed by atoms with Crippen molar-refractivity contribution in [2.75, 3.05) is 26.0 Å². The molecule has 25 heavy (non-hydrogen) atoms. The Morgan fingerprint density at radius 2 is 2.12 bits per heavy atom. The van der Waals surface area contributed by atoms with Gasteiger partial charge in [0.25, 0.3) is 5.56 Å². The van der Waals surface area contributed by atoms with Crippen molar-refractivity contribution in [3.05, 3.63) is 34.6 Å². The highest BCUT2D eigenvalue weighted by molar-refractivity contribution is 7.99. The number of fused-ring (bicyclic) bond motifs is 1. The first-order valence-corrected chi connectivity index (χ1v) is 9.54. The number of benzene rings is 1. The molecule has 0 atom stereocenters. The number of carbonyl (C=O) groups is 1. The Labute approximate surface area is 152 Å². The van der Waals surface area contributed by atoms with E-state index in [4.69, 9.17) is 4.74 Å². The second kappa shape index (κ2) is 10.2. The second-order valence-corrected chi connectivity index (χ2v) is 6.65. The van der Waals surface area contributed by atoms with Gasteiger partial charge in [0.1, 0.15) is 0 Å². The Morgan fingerprint density at radius 1 is 1.32 bits per heavy atom. The first-order valence-electron chi connectivity index (χ1n) is 8.55. The minimum Gasteiger partial charge on any atom is -0.385 e. The summed E-state index contributed by atoms with van der Waals surface area (Å²) in [7, 11) is 1.64. The molecule has 0 aliphatic heterocycles. The first kappa shape index (κ1) is 19.5. The maximum Gasteiger partial charge on any atom is 0.262 e. The van der Waals surface area contributed by atoms with Crippen LogP contribution in [-0.2, 0) is 16.1 Å². The molecule has 0 spiro atoms. The van der Waals surface area contributed by atoms with Gasteiger partial charge in [0.05, 0.1) is 16.7 Å². The number of para-hydroxylation sites is 1. The van der Waals surface area contributed by atoms with E-state index in [1.165, 1.54) is 11.8 Å². The highest BCUT2D eigenvalue weighted by atomic mass is 32.2. The molecule has 136 valence electrons. The molecule has 0 aliphatic rings. The normalized spacial score (nSPS) is 11.0. The summed E-state index contributed by atoms with van der Waals surface area (Å²) in [5.74, 6) is 0.211. The van der Waals surface area contributed by atoms with Crippen LogP contribution in [0.5, 0.6) is 0 Å². The lowest BCUT2D eigenvalue weighted by Crippen LogP contribution is -2.28. The van der Waals surface area contributed by atoms with Gasteiger partial charge in [-0.1, -0.05) is 37.2 Å². The zero-order chi connectivity index (χ0) is 18.1. The van der Waals surface area contributed by atoms with E-state index in [0.29, 0.717) is 42.2 Å².